The van der Waals surface area contributed by atoms with Crippen LogP contribution in [0, 0.1) is 0 Å². The van der Waals surface area contributed by atoms with Gasteiger partial charge >= 0.3 is 19.9 Å². The molecule has 0 aliphatic carbocycles. The number of carbonyl (C=O) groups excluding carboxylic acids is 2. The Balaban J connectivity index is 4.27. The maximum atomic E-state index is 12.2. The standard InChI is InChI=1S/C13H23O9P/c1-6-7-23(16,19-8-17-12(14)21-10(2)3)20-9-18-13(15)22-11(4)5/h6-7,10-11H,8-9H2,1-5H3/b7-6+. The fraction of sp³-hybridized carbons (Fsp3) is 0.692. The lowest BCUT2D eigenvalue weighted by molar-refractivity contribution is -0.0286. The second-order valence-electron chi connectivity index (χ2n) is 4.64. The van der Waals surface area contributed by atoms with Gasteiger partial charge in [0.15, 0.2) is 0 Å². The molecule has 0 spiro atoms. The van der Waals surface area contributed by atoms with Crippen LogP contribution in [-0.4, -0.2) is 38.1 Å². The normalized spacial score (nSPS) is 11.8. The van der Waals surface area contributed by atoms with E-state index in [-0.39, 0.29) is 12.2 Å². The molecule has 0 rings (SSSR count). The van der Waals surface area contributed by atoms with Gasteiger partial charge in [0.1, 0.15) is 0 Å². The molecule has 0 aromatic carbocycles. The minimum atomic E-state index is -3.75. The number of allylic oxidation sites excluding steroid dienone is 1. The summed E-state index contributed by atoms with van der Waals surface area (Å²) in [6.07, 6.45) is -1.24. The van der Waals surface area contributed by atoms with E-state index in [0.717, 1.165) is 5.82 Å². The highest BCUT2D eigenvalue weighted by Crippen LogP contribution is 2.49. The topological polar surface area (TPSA) is 107 Å². The van der Waals surface area contributed by atoms with Crippen LogP contribution in [0.4, 0.5) is 9.59 Å². The second-order valence-corrected chi connectivity index (χ2v) is 6.53. The third-order valence-electron chi connectivity index (χ3n) is 1.81. The van der Waals surface area contributed by atoms with E-state index in [1.54, 1.807) is 34.6 Å². The Morgan fingerprint density at radius 2 is 1.30 bits per heavy atom. The van der Waals surface area contributed by atoms with Crippen LogP contribution < -0.4 is 0 Å². The molecule has 0 heterocycles. The third-order valence-corrected chi connectivity index (χ3v) is 3.41. The number of ether oxygens (including phenoxy) is 4. The van der Waals surface area contributed by atoms with Gasteiger partial charge in [-0.25, -0.2) is 9.59 Å². The smallest absolute Gasteiger partial charge is 0.432 e. The van der Waals surface area contributed by atoms with Gasteiger partial charge in [-0.05, 0) is 34.6 Å². The lowest BCUT2D eigenvalue weighted by atomic mass is 10.5. The first kappa shape index (κ1) is 21.4. The van der Waals surface area contributed by atoms with Crippen molar-refractivity contribution in [1.29, 1.82) is 0 Å². The summed E-state index contributed by atoms with van der Waals surface area (Å²) >= 11 is 0. The SMILES string of the molecule is C/C=C/P(=O)(OCOC(=O)OC(C)C)OCOC(=O)OC(C)C. The van der Waals surface area contributed by atoms with Crippen molar-refractivity contribution in [3.05, 3.63) is 11.9 Å². The van der Waals surface area contributed by atoms with Gasteiger partial charge in [-0.15, -0.1) is 0 Å². The highest BCUT2D eigenvalue weighted by Gasteiger charge is 2.23. The summed E-state index contributed by atoms with van der Waals surface area (Å²) in [5, 5.41) is 0. The summed E-state index contributed by atoms with van der Waals surface area (Å²) in [6, 6.07) is 0. The molecule has 0 N–H and O–H groups in total. The third kappa shape index (κ3) is 11.6. The molecule has 10 heteroatoms. The van der Waals surface area contributed by atoms with Crippen LogP contribution in [0.5, 0.6) is 0 Å². The van der Waals surface area contributed by atoms with E-state index in [4.69, 9.17) is 18.5 Å². The number of hydrogen-bond acceptors (Lipinski definition) is 9. The van der Waals surface area contributed by atoms with Crippen molar-refractivity contribution < 1.29 is 42.1 Å². The van der Waals surface area contributed by atoms with Gasteiger partial charge < -0.3 is 18.9 Å². The van der Waals surface area contributed by atoms with Gasteiger partial charge in [0.05, 0.1) is 12.2 Å². The largest absolute Gasteiger partial charge is 0.510 e. The lowest BCUT2D eigenvalue weighted by Crippen LogP contribution is -2.16. The first-order valence-electron chi connectivity index (χ1n) is 6.88. The van der Waals surface area contributed by atoms with Crippen LogP contribution in [-0.2, 0) is 32.6 Å². The highest BCUT2D eigenvalue weighted by atomic mass is 31.2. The Hall–Kier alpha value is -1.57. The Kier molecular flexibility index (Phi) is 10.3. The molecule has 0 radical (unpaired) electrons. The van der Waals surface area contributed by atoms with Gasteiger partial charge in [-0.2, -0.15) is 0 Å². The van der Waals surface area contributed by atoms with E-state index in [1.807, 2.05) is 0 Å². The summed E-state index contributed by atoms with van der Waals surface area (Å²) in [5.41, 5.74) is 0. The lowest BCUT2D eigenvalue weighted by Gasteiger charge is -2.15. The summed E-state index contributed by atoms with van der Waals surface area (Å²) < 4.78 is 40.5. The molecular weight excluding hydrogens is 331 g/mol. The molecule has 0 aliphatic heterocycles. The van der Waals surface area contributed by atoms with Crippen LogP contribution >= 0.6 is 7.60 Å². The number of rotatable bonds is 9. The fourth-order valence-corrected chi connectivity index (χ4v) is 2.07. The van der Waals surface area contributed by atoms with E-state index in [9.17, 15) is 14.2 Å². The molecule has 0 bridgehead atoms. The maximum absolute atomic E-state index is 12.2. The van der Waals surface area contributed by atoms with Gasteiger partial charge in [0, 0.05) is 5.82 Å². The Morgan fingerprint density at radius 3 is 1.61 bits per heavy atom. The minimum absolute atomic E-state index is 0.360. The molecule has 0 amide bonds. The van der Waals surface area contributed by atoms with Crippen molar-refractivity contribution in [3.8, 4) is 0 Å². The molecule has 0 unspecified atom stereocenters. The molecule has 0 fully saturated rings. The summed E-state index contributed by atoms with van der Waals surface area (Å²) in [4.78, 5) is 22.3. The van der Waals surface area contributed by atoms with Gasteiger partial charge in [0.25, 0.3) is 0 Å². The van der Waals surface area contributed by atoms with Crippen LogP contribution in [0.1, 0.15) is 34.6 Å². The van der Waals surface area contributed by atoms with Crippen LogP contribution in [0.25, 0.3) is 0 Å². The second kappa shape index (κ2) is 11.0. The van der Waals surface area contributed by atoms with Gasteiger partial charge in [-0.1, -0.05) is 6.08 Å². The zero-order valence-electron chi connectivity index (χ0n) is 13.8. The highest BCUT2D eigenvalue weighted by molar-refractivity contribution is 7.57. The van der Waals surface area contributed by atoms with Crippen molar-refractivity contribution in [2.75, 3.05) is 13.6 Å². The fourth-order valence-electron chi connectivity index (χ4n) is 1.05. The average Bonchev–Trinajstić information content (AvgIpc) is 2.36. The molecule has 0 aliphatic rings. The zero-order chi connectivity index (χ0) is 17.9. The van der Waals surface area contributed by atoms with E-state index < -0.39 is 33.5 Å². The van der Waals surface area contributed by atoms with Crippen molar-refractivity contribution in [2.45, 2.75) is 46.8 Å². The van der Waals surface area contributed by atoms with Crippen molar-refractivity contribution in [3.63, 3.8) is 0 Å². The van der Waals surface area contributed by atoms with Crippen molar-refractivity contribution in [2.24, 2.45) is 0 Å². The molecule has 134 valence electrons. The zero-order valence-corrected chi connectivity index (χ0v) is 14.7. The quantitative estimate of drug-likeness (QED) is 0.347. The minimum Gasteiger partial charge on any atom is -0.432 e. The molecule has 0 saturated heterocycles. The van der Waals surface area contributed by atoms with Gasteiger partial charge in [0.2, 0.25) is 13.6 Å². The maximum Gasteiger partial charge on any atom is 0.510 e. The average molecular weight is 354 g/mol. The van der Waals surface area contributed by atoms with Crippen LogP contribution in [0.3, 0.4) is 0 Å². The molecule has 9 nitrogen and oxygen atoms in total. The molecular formula is C13H23O9P. The van der Waals surface area contributed by atoms with E-state index in [0.29, 0.717) is 0 Å². The Morgan fingerprint density at radius 1 is 0.913 bits per heavy atom. The number of hydrogen-bond donors (Lipinski definition) is 0. The van der Waals surface area contributed by atoms with Crippen molar-refractivity contribution >= 4 is 19.9 Å². The molecule has 0 aromatic rings. The molecule has 0 aromatic heterocycles. The molecule has 23 heavy (non-hydrogen) atoms. The Labute approximate surface area is 135 Å². The monoisotopic (exact) mass is 354 g/mol. The van der Waals surface area contributed by atoms with E-state index >= 15 is 0 Å². The van der Waals surface area contributed by atoms with E-state index in [1.165, 1.54) is 6.08 Å². The summed E-state index contributed by atoms with van der Waals surface area (Å²) in [7, 11) is -3.75. The van der Waals surface area contributed by atoms with Crippen LogP contribution in [0.15, 0.2) is 11.9 Å². The molecule has 0 atom stereocenters. The first-order chi connectivity index (χ1) is 10.7. The van der Waals surface area contributed by atoms with Gasteiger partial charge in [-0.3, -0.25) is 13.6 Å². The first-order valence-corrected chi connectivity index (χ1v) is 8.49. The Bertz CT molecular complexity index is 413. The summed E-state index contributed by atoms with van der Waals surface area (Å²) in [6.45, 7) is 6.86. The molecule has 0 saturated carbocycles. The predicted molar refractivity (Wildman–Crippen MR) is 79.7 cm³/mol. The van der Waals surface area contributed by atoms with Crippen LogP contribution in [0.2, 0.25) is 0 Å². The summed E-state index contributed by atoms with van der Waals surface area (Å²) in [5.74, 6) is 1.13. The predicted octanol–water partition coefficient (Wildman–Crippen LogP) is 3.78. The van der Waals surface area contributed by atoms with Crippen molar-refractivity contribution in [1.82, 2.24) is 0 Å². The number of carbonyl (C=O) groups is 2. The van der Waals surface area contributed by atoms with E-state index in [2.05, 4.69) is 9.47 Å².